The molecule has 7 heteroatoms. The van der Waals surface area contributed by atoms with E-state index in [0.29, 0.717) is 19.0 Å². The third kappa shape index (κ3) is 5.59. The van der Waals surface area contributed by atoms with Gasteiger partial charge in [0.1, 0.15) is 0 Å². The second-order valence-electron chi connectivity index (χ2n) is 9.56. The molecule has 2 N–H and O–H groups in total. The Hall–Kier alpha value is -3.52. The van der Waals surface area contributed by atoms with Crippen molar-refractivity contribution < 1.29 is 19.5 Å². The molecule has 0 saturated carbocycles. The number of methoxy groups -OCH3 is 1. The predicted octanol–water partition coefficient (Wildman–Crippen LogP) is 4.88. The van der Waals surface area contributed by atoms with E-state index < -0.39 is 12.2 Å². The summed E-state index contributed by atoms with van der Waals surface area (Å²) >= 11 is 0. The first-order valence-corrected chi connectivity index (χ1v) is 12.8. The zero-order valence-corrected chi connectivity index (χ0v) is 21.4. The molecule has 0 spiro atoms. The van der Waals surface area contributed by atoms with Crippen molar-refractivity contribution >= 4 is 11.8 Å². The van der Waals surface area contributed by atoms with Crippen LogP contribution in [0.3, 0.4) is 0 Å². The summed E-state index contributed by atoms with van der Waals surface area (Å²) in [6.07, 6.45) is 1.59. The SMILES string of the molecule is CCc1ccccc1-c1ccc(C2N=C(c3ccc4c(c3)CN(CCC(=O)O)CC4)NO2)cc1COC. The zero-order chi connectivity index (χ0) is 25.8. The first-order chi connectivity index (χ1) is 18.1. The fourth-order valence-corrected chi connectivity index (χ4v) is 5.16. The summed E-state index contributed by atoms with van der Waals surface area (Å²) in [7, 11) is 1.71. The molecule has 0 saturated heterocycles. The molecular formula is C30H33N3O4. The van der Waals surface area contributed by atoms with E-state index in [1.165, 1.54) is 27.8 Å². The van der Waals surface area contributed by atoms with Gasteiger partial charge in [0, 0.05) is 37.9 Å². The number of carboxylic acids is 1. The maximum atomic E-state index is 11.0. The molecule has 1 atom stereocenters. The number of carbonyl (C=O) groups is 1. The van der Waals surface area contributed by atoms with Gasteiger partial charge < -0.3 is 9.84 Å². The Morgan fingerprint density at radius 3 is 2.76 bits per heavy atom. The van der Waals surface area contributed by atoms with Gasteiger partial charge in [0.05, 0.1) is 13.0 Å². The van der Waals surface area contributed by atoms with E-state index in [2.05, 4.69) is 78.0 Å². The minimum atomic E-state index is -0.761. The fraction of sp³-hybridized carbons (Fsp3) is 0.333. The molecule has 0 radical (unpaired) electrons. The molecule has 0 amide bonds. The van der Waals surface area contributed by atoms with Gasteiger partial charge in [-0.05, 0) is 58.4 Å². The summed E-state index contributed by atoms with van der Waals surface area (Å²) in [5.41, 5.74) is 12.3. The smallest absolute Gasteiger partial charge is 0.304 e. The quantitative estimate of drug-likeness (QED) is 0.437. The Morgan fingerprint density at radius 2 is 1.95 bits per heavy atom. The minimum absolute atomic E-state index is 0.159. The van der Waals surface area contributed by atoms with Crippen LogP contribution in [0.2, 0.25) is 0 Å². The highest BCUT2D eigenvalue weighted by molar-refractivity contribution is 5.99. The molecule has 0 bridgehead atoms. The molecular weight excluding hydrogens is 466 g/mol. The molecule has 5 rings (SSSR count). The third-order valence-electron chi connectivity index (χ3n) is 7.13. The standard InChI is InChI=1S/C30H33N3O4/c1-3-20-6-4-5-7-26(20)27-11-10-23(17-25(27)19-36-2)30-31-29(32-37-30)22-9-8-21-12-14-33(15-13-28(34)35)18-24(21)16-22/h4-11,16-17,30H,3,12-15,18-19H2,1-2H3,(H,31,32)(H,34,35). The molecule has 1 unspecified atom stereocenters. The van der Waals surface area contributed by atoms with Crippen molar-refractivity contribution in [3.8, 4) is 11.1 Å². The number of benzene rings is 3. The van der Waals surface area contributed by atoms with Crippen LogP contribution < -0.4 is 5.48 Å². The number of aryl methyl sites for hydroxylation is 1. The first kappa shape index (κ1) is 25.1. The summed E-state index contributed by atoms with van der Waals surface area (Å²) < 4.78 is 5.53. The molecule has 37 heavy (non-hydrogen) atoms. The number of amidine groups is 1. The van der Waals surface area contributed by atoms with E-state index in [1.807, 2.05) is 0 Å². The van der Waals surface area contributed by atoms with Crippen molar-refractivity contribution in [1.82, 2.24) is 10.4 Å². The summed E-state index contributed by atoms with van der Waals surface area (Å²) in [4.78, 5) is 23.9. The van der Waals surface area contributed by atoms with Gasteiger partial charge in [-0.3, -0.25) is 9.69 Å². The first-order valence-electron chi connectivity index (χ1n) is 12.8. The van der Waals surface area contributed by atoms with Gasteiger partial charge >= 0.3 is 5.97 Å². The van der Waals surface area contributed by atoms with Crippen molar-refractivity contribution in [2.45, 2.75) is 45.6 Å². The lowest BCUT2D eigenvalue weighted by Crippen LogP contribution is -2.32. The Balaban J connectivity index is 1.37. The lowest BCUT2D eigenvalue weighted by Gasteiger charge is -2.28. The highest BCUT2D eigenvalue weighted by Crippen LogP contribution is 2.33. The van der Waals surface area contributed by atoms with E-state index in [4.69, 9.17) is 19.7 Å². The molecule has 0 aliphatic carbocycles. The van der Waals surface area contributed by atoms with Crippen molar-refractivity contribution in [3.05, 3.63) is 94.0 Å². The van der Waals surface area contributed by atoms with Gasteiger partial charge in [-0.2, -0.15) is 0 Å². The number of aliphatic imine (C=N–C) groups is 1. The summed E-state index contributed by atoms with van der Waals surface area (Å²) in [6, 6.07) is 21.2. The molecule has 2 aliphatic rings. The Bertz CT molecular complexity index is 1320. The van der Waals surface area contributed by atoms with Gasteiger partial charge in [0.25, 0.3) is 0 Å². The maximum absolute atomic E-state index is 11.0. The van der Waals surface area contributed by atoms with Gasteiger partial charge in [0.2, 0.25) is 6.23 Å². The minimum Gasteiger partial charge on any atom is -0.481 e. The van der Waals surface area contributed by atoms with Crippen LogP contribution in [0.5, 0.6) is 0 Å². The number of hydrogen-bond donors (Lipinski definition) is 2. The van der Waals surface area contributed by atoms with Crippen LogP contribution >= 0.6 is 0 Å². The lowest BCUT2D eigenvalue weighted by molar-refractivity contribution is -0.137. The molecule has 7 nitrogen and oxygen atoms in total. The lowest BCUT2D eigenvalue weighted by atomic mass is 9.93. The predicted molar refractivity (Wildman–Crippen MR) is 143 cm³/mol. The van der Waals surface area contributed by atoms with Gasteiger partial charge in [-0.15, -0.1) is 0 Å². The third-order valence-corrected chi connectivity index (χ3v) is 7.13. The number of fused-ring (bicyclic) bond motifs is 1. The molecule has 0 fully saturated rings. The number of hydrogen-bond acceptors (Lipinski definition) is 6. The highest BCUT2D eigenvalue weighted by Gasteiger charge is 2.24. The van der Waals surface area contributed by atoms with Crippen LogP contribution in [0.1, 0.15) is 53.0 Å². The van der Waals surface area contributed by atoms with E-state index in [1.54, 1.807) is 7.11 Å². The molecule has 3 aromatic carbocycles. The number of nitrogens with zero attached hydrogens (tertiary/aromatic N) is 2. The molecule has 192 valence electrons. The molecule has 0 aromatic heterocycles. The van der Waals surface area contributed by atoms with Crippen molar-refractivity contribution in [2.75, 3.05) is 20.2 Å². The van der Waals surface area contributed by atoms with E-state index in [-0.39, 0.29) is 6.42 Å². The molecule has 2 heterocycles. The van der Waals surface area contributed by atoms with Gasteiger partial charge in [-0.25, -0.2) is 15.3 Å². The van der Waals surface area contributed by atoms with Crippen LogP contribution in [-0.4, -0.2) is 42.0 Å². The van der Waals surface area contributed by atoms with Crippen LogP contribution in [0.4, 0.5) is 0 Å². The topological polar surface area (TPSA) is 83.4 Å². The van der Waals surface area contributed by atoms with Crippen LogP contribution in [0.15, 0.2) is 65.7 Å². The van der Waals surface area contributed by atoms with Crippen molar-refractivity contribution in [3.63, 3.8) is 0 Å². The number of aliphatic carboxylic acids is 1. The number of hydroxylamine groups is 1. The molecule has 2 aliphatic heterocycles. The second-order valence-corrected chi connectivity index (χ2v) is 9.56. The van der Waals surface area contributed by atoms with Crippen molar-refractivity contribution in [2.24, 2.45) is 4.99 Å². The summed E-state index contributed by atoms with van der Waals surface area (Å²) in [5.74, 6) is -0.0623. The molecule has 3 aromatic rings. The number of rotatable bonds is 9. The number of carboxylic acid groups (broad SMARTS) is 1. The Morgan fingerprint density at radius 1 is 1.11 bits per heavy atom. The van der Waals surface area contributed by atoms with Gasteiger partial charge in [-0.1, -0.05) is 55.5 Å². The monoisotopic (exact) mass is 499 g/mol. The van der Waals surface area contributed by atoms with Crippen LogP contribution in [0, 0.1) is 0 Å². The fourth-order valence-electron chi connectivity index (χ4n) is 5.16. The summed E-state index contributed by atoms with van der Waals surface area (Å²) in [5, 5.41) is 9.02. The van der Waals surface area contributed by atoms with E-state index in [9.17, 15) is 4.79 Å². The average Bonchev–Trinajstić information content (AvgIpc) is 3.42. The number of nitrogens with one attached hydrogen (secondary N) is 1. The van der Waals surface area contributed by atoms with E-state index in [0.717, 1.165) is 42.6 Å². The van der Waals surface area contributed by atoms with Crippen LogP contribution in [0.25, 0.3) is 11.1 Å². The van der Waals surface area contributed by atoms with Crippen molar-refractivity contribution in [1.29, 1.82) is 0 Å². The maximum Gasteiger partial charge on any atom is 0.304 e. The normalized spacial score (nSPS) is 17.2. The second kappa shape index (κ2) is 11.3. The highest BCUT2D eigenvalue weighted by atomic mass is 16.7. The van der Waals surface area contributed by atoms with E-state index >= 15 is 0 Å². The Kier molecular flexibility index (Phi) is 7.65. The summed E-state index contributed by atoms with van der Waals surface area (Å²) in [6.45, 7) is 4.86. The number of ether oxygens (including phenoxy) is 1. The average molecular weight is 500 g/mol. The zero-order valence-electron chi connectivity index (χ0n) is 21.4. The van der Waals surface area contributed by atoms with Crippen LogP contribution in [-0.2, 0) is 40.4 Å². The Labute approximate surface area is 217 Å². The van der Waals surface area contributed by atoms with Gasteiger partial charge in [0.15, 0.2) is 5.84 Å². The largest absolute Gasteiger partial charge is 0.481 e.